The van der Waals surface area contributed by atoms with Crippen molar-refractivity contribution in [3.05, 3.63) is 78.1 Å². The average Bonchev–Trinajstić information content (AvgIpc) is 2.79. The van der Waals surface area contributed by atoms with E-state index in [0.717, 1.165) is 17.7 Å². The first-order valence-corrected chi connectivity index (χ1v) is 12.7. The van der Waals surface area contributed by atoms with E-state index in [1.54, 1.807) is 30.3 Å². The van der Waals surface area contributed by atoms with Gasteiger partial charge in [-0.3, -0.25) is 9.03 Å². The van der Waals surface area contributed by atoms with Crippen LogP contribution in [-0.2, 0) is 26.5 Å². The lowest BCUT2D eigenvalue weighted by molar-refractivity contribution is 0.401. The minimum atomic E-state index is -4.19. The quantitative estimate of drug-likeness (QED) is 0.585. The Kier molecular flexibility index (Phi) is 5.83. The van der Waals surface area contributed by atoms with Gasteiger partial charge in [-0.05, 0) is 60.9 Å². The van der Waals surface area contributed by atoms with Crippen LogP contribution in [0.4, 0.5) is 15.8 Å². The van der Waals surface area contributed by atoms with Crippen molar-refractivity contribution in [3.63, 3.8) is 0 Å². The molecule has 1 aliphatic heterocycles. The van der Waals surface area contributed by atoms with Gasteiger partial charge in [0.2, 0.25) is 0 Å². The molecule has 32 heavy (non-hydrogen) atoms. The van der Waals surface area contributed by atoms with Gasteiger partial charge in [0.1, 0.15) is 16.5 Å². The summed E-state index contributed by atoms with van der Waals surface area (Å²) in [7, 11) is -6.72. The molecule has 0 unspecified atom stereocenters. The first-order chi connectivity index (χ1) is 15.2. The summed E-state index contributed by atoms with van der Waals surface area (Å²) in [6, 6.07) is 16.0. The monoisotopic (exact) mass is 476 g/mol. The Labute approximate surface area is 186 Å². The fraction of sp³-hybridized carbons (Fsp3) is 0.182. The molecule has 1 N–H and O–H groups in total. The molecule has 0 radical (unpaired) electrons. The second kappa shape index (κ2) is 8.44. The predicted octanol–water partition coefficient (Wildman–Crippen LogP) is 3.78. The Morgan fingerprint density at radius 3 is 2.44 bits per heavy atom. The summed E-state index contributed by atoms with van der Waals surface area (Å²) >= 11 is 0. The Morgan fingerprint density at radius 2 is 1.72 bits per heavy atom. The number of methoxy groups -OCH3 is 1. The highest BCUT2D eigenvalue weighted by Gasteiger charge is 2.30. The minimum Gasteiger partial charge on any atom is -0.495 e. The molecule has 0 saturated heterocycles. The van der Waals surface area contributed by atoms with E-state index in [1.807, 2.05) is 0 Å². The Bertz CT molecular complexity index is 1360. The highest BCUT2D eigenvalue weighted by molar-refractivity contribution is 7.93. The molecule has 168 valence electrons. The van der Waals surface area contributed by atoms with E-state index in [0.29, 0.717) is 18.5 Å². The molecule has 0 saturated carbocycles. The zero-order chi connectivity index (χ0) is 22.9. The Morgan fingerprint density at radius 1 is 0.969 bits per heavy atom. The van der Waals surface area contributed by atoms with Gasteiger partial charge in [0.25, 0.3) is 20.0 Å². The van der Waals surface area contributed by atoms with Gasteiger partial charge < -0.3 is 4.74 Å². The van der Waals surface area contributed by atoms with Gasteiger partial charge >= 0.3 is 0 Å². The fourth-order valence-electron chi connectivity index (χ4n) is 3.64. The molecule has 0 amide bonds. The van der Waals surface area contributed by atoms with Crippen LogP contribution in [0.1, 0.15) is 12.0 Å². The van der Waals surface area contributed by atoms with Crippen LogP contribution in [0.2, 0.25) is 0 Å². The van der Waals surface area contributed by atoms with E-state index >= 15 is 0 Å². The third-order valence-electron chi connectivity index (χ3n) is 5.16. The molecular formula is C22H21FN2O5S2. The van der Waals surface area contributed by atoms with Crippen LogP contribution in [0.15, 0.2) is 76.5 Å². The van der Waals surface area contributed by atoms with E-state index in [9.17, 15) is 21.2 Å². The summed E-state index contributed by atoms with van der Waals surface area (Å²) < 4.78 is 74.7. The summed E-state index contributed by atoms with van der Waals surface area (Å²) in [4.78, 5) is -0.199. The normalized spacial score (nSPS) is 14.0. The first kappa shape index (κ1) is 22.1. The van der Waals surface area contributed by atoms with Crippen LogP contribution < -0.4 is 13.8 Å². The fourth-order valence-corrected chi connectivity index (χ4v) is 6.43. The van der Waals surface area contributed by atoms with E-state index in [4.69, 9.17) is 4.74 Å². The summed E-state index contributed by atoms with van der Waals surface area (Å²) in [5, 5.41) is 0. The van der Waals surface area contributed by atoms with Crippen LogP contribution in [-0.4, -0.2) is 30.5 Å². The van der Waals surface area contributed by atoms with Crippen molar-refractivity contribution >= 4 is 31.4 Å². The van der Waals surface area contributed by atoms with Gasteiger partial charge in [-0.1, -0.05) is 24.3 Å². The molecule has 4 rings (SSSR count). The van der Waals surface area contributed by atoms with Gasteiger partial charge in [-0.2, -0.15) is 0 Å². The third-order valence-corrected chi connectivity index (χ3v) is 8.39. The van der Waals surface area contributed by atoms with Crippen LogP contribution in [0.5, 0.6) is 5.75 Å². The second-order valence-electron chi connectivity index (χ2n) is 7.24. The van der Waals surface area contributed by atoms with Crippen LogP contribution in [0.25, 0.3) is 0 Å². The lowest BCUT2D eigenvalue weighted by atomic mass is 10.0. The van der Waals surface area contributed by atoms with E-state index in [-0.39, 0.29) is 27.8 Å². The summed E-state index contributed by atoms with van der Waals surface area (Å²) in [5.41, 5.74) is 1.36. The molecule has 3 aromatic rings. The average molecular weight is 477 g/mol. The maximum absolute atomic E-state index is 13.7. The summed E-state index contributed by atoms with van der Waals surface area (Å²) in [6.45, 7) is 0.276. The van der Waals surface area contributed by atoms with Gasteiger partial charge in [-0.25, -0.2) is 21.2 Å². The SMILES string of the molecule is COc1ccc(F)cc1S(=O)(=O)Nc1ccc2c(c1)N(S(=O)(=O)c1ccccc1)CCC2. The van der Waals surface area contributed by atoms with Crippen LogP contribution in [0.3, 0.4) is 0 Å². The lowest BCUT2D eigenvalue weighted by Crippen LogP contribution is -2.35. The highest BCUT2D eigenvalue weighted by atomic mass is 32.2. The van der Waals surface area contributed by atoms with Gasteiger partial charge in [0.05, 0.1) is 23.4 Å². The number of ether oxygens (including phenoxy) is 1. The molecule has 0 bridgehead atoms. The largest absolute Gasteiger partial charge is 0.495 e. The molecular weight excluding hydrogens is 455 g/mol. The minimum absolute atomic E-state index is 0.00913. The number of fused-ring (bicyclic) bond motifs is 1. The van der Waals surface area contributed by atoms with Crippen molar-refractivity contribution in [1.29, 1.82) is 0 Å². The second-order valence-corrected chi connectivity index (χ2v) is 10.8. The van der Waals surface area contributed by atoms with E-state index < -0.39 is 25.9 Å². The maximum atomic E-state index is 13.7. The standard InChI is InChI=1S/C22H21FN2O5S2/c1-30-21-12-10-17(23)14-22(21)31(26,27)24-18-11-9-16-6-5-13-25(20(16)15-18)32(28,29)19-7-3-2-4-8-19/h2-4,7-12,14-15,24H,5-6,13H2,1H3. The molecule has 7 nitrogen and oxygen atoms in total. The number of halogens is 1. The van der Waals surface area contributed by atoms with Crippen molar-refractivity contribution in [2.24, 2.45) is 0 Å². The molecule has 0 spiro atoms. The molecule has 0 atom stereocenters. The van der Waals surface area contributed by atoms with Crippen molar-refractivity contribution in [2.45, 2.75) is 22.6 Å². The lowest BCUT2D eigenvalue weighted by Gasteiger charge is -2.31. The molecule has 3 aromatic carbocycles. The van der Waals surface area contributed by atoms with Crippen molar-refractivity contribution < 1.29 is 26.0 Å². The third kappa shape index (κ3) is 4.15. The zero-order valence-electron chi connectivity index (χ0n) is 17.2. The van der Waals surface area contributed by atoms with Crippen LogP contribution in [0, 0.1) is 5.82 Å². The number of rotatable bonds is 6. The summed E-state index contributed by atoms with van der Waals surface area (Å²) in [6.07, 6.45) is 1.31. The van der Waals surface area contributed by atoms with Gasteiger partial charge in [0.15, 0.2) is 0 Å². The Hall–Kier alpha value is -3.11. The van der Waals surface area contributed by atoms with Crippen molar-refractivity contribution in [3.8, 4) is 5.75 Å². The smallest absolute Gasteiger partial charge is 0.265 e. The van der Waals surface area contributed by atoms with Gasteiger partial charge in [0, 0.05) is 6.54 Å². The molecule has 0 aliphatic carbocycles. The number of benzene rings is 3. The van der Waals surface area contributed by atoms with Crippen molar-refractivity contribution in [1.82, 2.24) is 0 Å². The number of nitrogens with one attached hydrogen (secondary N) is 1. The predicted molar refractivity (Wildman–Crippen MR) is 119 cm³/mol. The maximum Gasteiger partial charge on any atom is 0.265 e. The highest BCUT2D eigenvalue weighted by Crippen LogP contribution is 2.35. The van der Waals surface area contributed by atoms with Crippen LogP contribution >= 0.6 is 0 Å². The molecule has 0 fully saturated rings. The number of anilines is 2. The first-order valence-electron chi connectivity index (χ1n) is 9.79. The number of nitrogens with zero attached hydrogens (tertiary/aromatic N) is 1. The van der Waals surface area contributed by atoms with Gasteiger partial charge in [-0.15, -0.1) is 0 Å². The van der Waals surface area contributed by atoms with E-state index in [2.05, 4.69) is 4.72 Å². The topological polar surface area (TPSA) is 92.8 Å². The summed E-state index contributed by atoms with van der Waals surface area (Å²) in [5.74, 6) is -0.734. The molecule has 10 heteroatoms. The number of aryl methyl sites for hydroxylation is 1. The molecule has 1 aliphatic rings. The Balaban J connectivity index is 1.73. The number of hydrogen-bond donors (Lipinski definition) is 1. The molecule has 1 heterocycles. The zero-order valence-corrected chi connectivity index (χ0v) is 18.8. The molecule has 0 aromatic heterocycles. The number of sulfonamides is 2. The van der Waals surface area contributed by atoms with Crippen molar-refractivity contribution in [2.75, 3.05) is 22.7 Å². The number of hydrogen-bond acceptors (Lipinski definition) is 5. The van der Waals surface area contributed by atoms with E-state index in [1.165, 1.54) is 35.7 Å².